The number of carbonyl (C=O) groups is 2. The topological polar surface area (TPSA) is 61.4 Å². The molecule has 3 rings (SSSR count). The van der Waals surface area contributed by atoms with Gasteiger partial charge in [0.1, 0.15) is 6.04 Å². The van der Waals surface area contributed by atoms with E-state index in [1.54, 1.807) is 0 Å². The van der Waals surface area contributed by atoms with Gasteiger partial charge in [-0.3, -0.25) is 14.9 Å². The van der Waals surface area contributed by atoms with E-state index in [1.165, 1.54) is 25.7 Å². The Morgan fingerprint density at radius 3 is 2.68 bits per heavy atom. The lowest BCUT2D eigenvalue weighted by Crippen LogP contribution is -2.60. The molecule has 3 fully saturated rings. The SMILES string of the molecule is O=C1CNC(C(=O)N2CCC3CCCCC3C2)CN1. The smallest absolute Gasteiger partial charge is 0.241 e. The highest BCUT2D eigenvalue weighted by Gasteiger charge is 2.35. The average molecular weight is 265 g/mol. The number of hydrogen-bond donors (Lipinski definition) is 2. The Labute approximate surface area is 114 Å². The van der Waals surface area contributed by atoms with E-state index in [4.69, 9.17) is 0 Å². The highest BCUT2D eigenvalue weighted by molar-refractivity contribution is 5.86. The highest BCUT2D eigenvalue weighted by atomic mass is 16.2. The molecule has 19 heavy (non-hydrogen) atoms. The number of piperazine rings is 1. The van der Waals surface area contributed by atoms with Crippen LogP contribution in [0.15, 0.2) is 0 Å². The van der Waals surface area contributed by atoms with Crippen molar-refractivity contribution in [3.63, 3.8) is 0 Å². The molecule has 2 N–H and O–H groups in total. The maximum Gasteiger partial charge on any atom is 0.241 e. The third-order valence-corrected chi connectivity index (χ3v) is 4.91. The lowest BCUT2D eigenvalue weighted by Gasteiger charge is -2.42. The highest BCUT2D eigenvalue weighted by Crippen LogP contribution is 2.36. The van der Waals surface area contributed by atoms with Gasteiger partial charge in [0.05, 0.1) is 6.54 Å². The van der Waals surface area contributed by atoms with Crippen LogP contribution in [0.3, 0.4) is 0 Å². The summed E-state index contributed by atoms with van der Waals surface area (Å²) in [6.45, 7) is 2.51. The van der Waals surface area contributed by atoms with Gasteiger partial charge in [-0.25, -0.2) is 0 Å². The Hall–Kier alpha value is -1.10. The van der Waals surface area contributed by atoms with Crippen LogP contribution in [0.4, 0.5) is 0 Å². The number of piperidine rings is 1. The van der Waals surface area contributed by atoms with E-state index in [-0.39, 0.29) is 24.4 Å². The first-order chi connectivity index (χ1) is 9.24. The van der Waals surface area contributed by atoms with Crippen LogP contribution in [0, 0.1) is 11.8 Å². The Bertz CT molecular complexity index is 362. The van der Waals surface area contributed by atoms with E-state index in [9.17, 15) is 9.59 Å². The minimum Gasteiger partial charge on any atom is -0.353 e. The Balaban J connectivity index is 1.57. The van der Waals surface area contributed by atoms with Gasteiger partial charge < -0.3 is 10.2 Å². The zero-order valence-corrected chi connectivity index (χ0v) is 11.4. The Kier molecular flexibility index (Phi) is 3.73. The van der Waals surface area contributed by atoms with Crippen molar-refractivity contribution in [2.45, 2.75) is 38.1 Å². The summed E-state index contributed by atoms with van der Waals surface area (Å²) in [5, 5.41) is 5.79. The van der Waals surface area contributed by atoms with Gasteiger partial charge in [-0.2, -0.15) is 0 Å². The third kappa shape index (κ3) is 2.76. The standard InChI is InChI=1S/C14H23N3O2/c18-13-8-15-12(7-16-13)14(19)17-6-5-10-3-1-2-4-11(10)9-17/h10-12,15H,1-9H2,(H,16,18). The Morgan fingerprint density at radius 1 is 1.16 bits per heavy atom. The minimum absolute atomic E-state index is 0.0185. The third-order valence-electron chi connectivity index (χ3n) is 4.91. The van der Waals surface area contributed by atoms with Crippen LogP contribution in [0.2, 0.25) is 0 Å². The maximum atomic E-state index is 12.4. The van der Waals surface area contributed by atoms with Crippen LogP contribution >= 0.6 is 0 Å². The fourth-order valence-electron chi connectivity index (χ4n) is 3.76. The zero-order chi connectivity index (χ0) is 13.2. The predicted octanol–water partition coefficient (Wildman–Crippen LogP) is 0.113. The van der Waals surface area contributed by atoms with Gasteiger partial charge in [-0.15, -0.1) is 0 Å². The van der Waals surface area contributed by atoms with Crippen molar-refractivity contribution in [2.24, 2.45) is 11.8 Å². The molecule has 3 aliphatic rings. The summed E-state index contributed by atoms with van der Waals surface area (Å²) in [5.74, 6) is 1.71. The van der Waals surface area contributed by atoms with E-state index >= 15 is 0 Å². The molecule has 0 spiro atoms. The largest absolute Gasteiger partial charge is 0.353 e. The molecule has 106 valence electrons. The van der Waals surface area contributed by atoms with Gasteiger partial charge in [0.2, 0.25) is 11.8 Å². The number of nitrogens with one attached hydrogen (secondary N) is 2. The number of likely N-dealkylation sites (tertiary alicyclic amines) is 1. The second-order valence-electron chi connectivity index (χ2n) is 6.12. The second-order valence-corrected chi connectivity index (χ2v) is 6.12. The monoisotopic (exact) mass is 265 g/mol. The van der Waals surface area contributed by atoms with Crippen molar-refractivity contribution < 1.29 is 9.59 Å². The van der Waals surface area contributed by atoms with Crippen molar-refractivity contribution in [2.75, 3.05) is 26.2 Å². The van der Waals surface area contributed by atoms with Crippen LogP contribution in [0.1, 0.15) is 32.1 Å². The van der Waals surface area contributed by atoms with Crippen LogP contribution in [-0.4, -0.2) is 48.9 Å². The van der Waals surface area contributed by atoms with Gasteiger partial charge in [-0.05, 0) is 24.7 Å². The summed E-state index contributed by atoms with van der Waals surface area (Å²) in [6, 6.07) is -0.224. The van der Waals surface area contributed by atoms with Gasteiger partial charge in [0, 0.05) is 19.6 Å². The molecule has 0 aromatic rings. The van der Waals surface area contributed by atoms with Crippen LogP contribution in [0.25, 0.3) is 0 Å². The number of nitrogens with zero attached hydrogens (tertiary/aromatic N) is 1. The first-order valence-electron chi connectivity index (χ1n) is 7.53. The van der Waals surface area contributed by atoms with Crippen LogP contribution in [-0.2, 0) is 9.59 Å². The van der Waals surface area contributed by atoms with Crippen molar-refractivity contribution >= 4 is 11.8 Å². The molecule has 1 aliphatic carbocycles. The van der Waals surface area contributed by atoms with Crippen LogP contribution in [0.5, 0.6) is 0 Å². The summed E-state index contributed by atoms with van der Waals surface area (Å²) in [7, 11) is 0. The number of rotatable bonds is 1. The zero-order valence-electron chi connectivity index (χ0n) is 11.4. The molecule has 3 atom stereocenters. The van der Waals surface area contributed by atoms with Crippen molar-refractivity contribution in [3.8, 4) is 0 Å². The van der Waals surface area contributed by atoms with Crippen molar-refractivity contribution in [1.82, 2.24) is 15.5 Å². The molecule has 2 amide bonds. The summed E-state index contributed by atoms with van der Waals surface area (Å²) in [5.41, 5.74) is 0. The Morgan fingerprint density at radius 2 is 1.95 bits per heavy atom. The van der Waals surface area contributed by atoms with Crippen molar-refractivity contribution in [3.05, 3.63) is 0 Å². The van der Waals surface area contributed by atoms with E-state index in [0.29, 0.717) is 12.5 Å². The minimum atomic E-state index is -0.224. The van der Waals surface area contributed by atoms with Gasteiger partial charge >= 0.3 is 0 Å². The summed E-state index contributed by atoms with van der Waals surface area (Å²) < 4.78 is 0. The first-order valence-corrected chi connectivity index (χ1v) is 7.53. The molecule has 2 heterocycles. The molecule has 5 heteroatoms. The molecule has 0 aromatic carbocycles. The van der Waals surface area contributed by atoms with E-state index in [2.05, 4.69) is 10.6 Å². The van der Waals surface area contributed by atoms with Gasteiger partial charge in [0.25, 0.3) is 0 Å². The molecule has 2 aliphatic heterocycles. The second kappa shape index (κ2) is 5.49. The molecule has 3 unspecified atom stereocenters. The number of fused-ring (bicyclic) bond motifs is 1. The van der Waals surface area contributed by atoms with Crippen molar-refractivity contribution in [1.29, 1.82) is 0 Å². The maximum absolute atomic E-state index is 12.4. The lowest BCUT2D eigenvalue weighted by molar-refractivity contribution is -0.137. The number of hydrogen-bond acceptors (Lipinski definition) is 3. The molecular weight excluding hydrogens is 242 g/mol. The summed E-state index contributed by atoms with van der Waals surface area (Å²) in [4.78, 5) is 25.6. The molecule has 5 nitrogen and oxygen atoms in total. The van der Waals surface area contributed by atoms with E-state index < -0.39 is 0 Å². The number of carbonyl (C=O) groups excluding carboxylic acids is 2. The molecule has 1 saturated carbocycles. The van der Waals surface area contributed by atoms with E-state index in [1.807, 2.05) is 4.90 Å². The molecule has 0 radical (unpaired) electrons. The van der Waals surface area contributed by atoms with Crippen LogP contribution < -0.4 is 10.6 Å². The molecular formula is C14H23N3O2. The molecule has 0 aromatic heterocycles. The lowest BCUT2D eigenvalue weighted by atomic mass is 9.75. The predicted molar refractivity (Wildman–Crippen MR) is 71.4 cm³/mol. The average Bonchev–Trinajstić information content (AvgIpc) is 2.47. The fraction of sp³-hybridized carbons (Fsp3) is 0.857. The quantitative estimate of drug-likeness (QED) is 0.707. The molecule has 2 saturated heterocycles. The first kappa shape index (κ1) is 12.9. The number of amides is 2. The normalized spacial score (nSPS) is 35.5. The van der Waals surface area contributed by atoms with Gasteiger partial charge in [0.15, 0.2) is 0 Å². The summed E-state index contributed by atoms with van der Waals surface area (Å²) in [6.07, 6.45) is 6.48. The molecule has 0 bridgehead atoms. The summed E-state index contributed by atoms with van der Waals surface area (Å²) >= 11 is 0. The van der Waals surface area contributed by atoms with E-state index in [0.717, 1.165) is 25.4 Å². The van der Waals surface area contributed by atoms with Gasteiger partial charge in [-0.1, -0.05) is 19.3 Å². The fourth-order valence-corrected chi connectivity index (χ4v) is 3.76.